The minimum atomic E-state index is -0.245. The van der Waals surface area contributed by atoms with Crippen molar-refractivity contribution >= 4 is 45.3 Å². The summed E-state index contributed by atoms with van der Waals surface area (Å²) < 4.78 is 0.934. The first-order valence-electron chi connectivity index (χ1n) is 5.50. The normalized spacial score (nSPS) is 10.6. The molecule has 3 nitrogen and oxygen atoms in total. The molecule has 0 aliphatic heterocycles. The van der Waals surface area contributed by atoms with Gasteiger partial charge in [0.05, 0.1) is 5.02 Å². The molecule has 19 heavy (non-hydrogen) atoms. The molecule has 1 aromatic heterocycles. The van der Waals surface area contributed by atoms with Gasteiger partial charge in [-0.05, 0) is 29.8 Å². The number of nitrogens with zero attached hydrogens (tertiary/aromatic N) is 1. The molecule has 1 amide bonds. The SMILES string of the molecule is O=C(/C=C/c1ccccc1Br)Nc1ccc(Cl)cn1. The van der Waals surface area contributed by atoms with Crippen molar-refractivity contribution in [3.8, 4) is 0 Å². The van der Waals surface area contributed by atoms with Crippen molar-refractivity contribution in [2.24, 2.45) is 0 Å². The van der Waals surface area contributed by atoms with Crippen LogP contribution in [-0.2, 0) is 4.79 Å². The number of hydrogen-bond donors (Lipinski definition) is 1. The van der Waals surface area contributed by atoms with Crippen LogP contribution in [0.5, 0.6) is 0 Å². The van der Waals surface area contributed by atoms with E-state index in [9.17, 15) is 4.79 Å². The Hall–Kier alpha value is -1.65. The van der Waals surface area contributed by atoms with E-state index in [1.54, 1.807) is 18.2 Å². The molecule has 0 aliphatic rings. The third-order valence-electron chi connectivity index (χ3n) is 2.30. The number of aromatic nitrogens is 1. The van der Waals surface area contributed by atoms with Crippen LogP contribution >= 0.6 is 27.5 Å². The van der Waals surface area contributed by atoms with Gasteiger partial charge in [0, 0.05) is 16.7 Å². The number of amides is 1. The van der Waals surface area contributed by atoms with Gasteiger partial charge in [-0.25, -0.2) is 4.98 Å². The van der Waals surface area contributed by atoms with E-state index < -0.39 is 0 Å². The largest absolute Gasteiger partial charge is 0.307 e. The lowest BCUT2D eigenvalue weighted by atomic mass is 10.2. The van der Waals surface area contributed by atoms with Gasteiger partial charge in [0.1, 0.15) is 5.82 Å². The zero-order valence-electron chi connectivity index (χ0n) is 9.81. The van der Waals surface area contributed by atoms with Gasteiger partial charge in [-0.1, -0.05) is 45.7 Å². The summed E-state index contributed by atoms with van der Waals surface area (Å²) in [6, 6.07) is 11.0. The zero-order valence-corrected chi connectivity index (χ0v) is 12.1. The predicted molar refractivity (Wildman–Crippen MR) is 81.1 cm³/mol. The van der Waals surface area contributed by atoms with Crippen LogP contribution in [0.1, 0.15) is 5.56 Å². The van der Waals surface area contributed by atoms with Gasteiger partial charge < -0.3 is 5.32 Å². The lowest BCUT2D eigenvalue weighted by Crippen LogP contribution is -2.08. The van der Waals surface area contributed by atoms with Crippen molar-refractivity contribution in [3.05, 3.63) is 63.7 Å². The van der Waals surface area contributed by atoms with Crippen molar-refractivity contribution in [2.45, 2.75) is 0 Å². The summed E-state index contributed by atoms with van der Waals surface area (Å²) in [4.78, 5) is 15.7. The highest BCUT2D eigenvalue weighted by Crippen LogP contribution is 2.17. The molecule has 96 valence electrons. The average Bonchev–Trinajstić information content (AvgIpc) is 2.40. The van der Waals surface area contributed by atoms with Crippen molar-refractivity contribution in [1.29, 1.82) is 0 Å². The van der Waals surface area contributed by atoms with Crippen molar-refractivity contribution in [2.75, 3.05) is 5.32 Å². The molecule has 2 rings (SSSR count). The molecule has 0 unspecified atom stereocenters. The maximum atomic E-state index is 11.7. The van der Waals surface area contributed by atoms with E-state index in [0.717, 1.165) is 10.0 Å². The lowest BCUT2D eigenvalue weighted by Gasteiger charge is -2.01. The summed E-state index contributed by atoms with van der Waals surface area (Å²) in [6.45, 7) is 0. The number of nitrogens with one attached hydrogen (secondary N) is 1. The van der Waals surface area contributed by atoms with Crippen LogP contribution in [0.25, 0.3) is 6.08 Å². The van der Waals surface area contributed by atoms with Gasteiger partial charge in [0.25, 0.3) is 0 Å². The Morgan fingerprint density at radius 3 is 2.74 bits per heavy atom. The van der Waals surface area contributed by atoms with Crippen LogP contribution in [0.15, 0.2) is 53.1 Å². The van der Waals surface area contributed by atoms with E-state index in [0.29, 0.717) is 10.8 Å². The quantitative estimate of drug-likeness (QED) is 0.855. The van der Waals surface area contributed by atoms with Crippen molar-refractivity contribution < 1.29 is 4.79 Å². The summed E-state index contributed by atoms with van der Waals surface area (Å²) in [7, 11) is 0. The van der Waals surface area contributed by atoms with Gasteiger partial charge in [-0.3, -0.25) is 4.79 Å². The average molecular weight is 338 g/mol. The minimum absolute atomic E-state index is 0.245. The number of hydrogen-bond acceptors (Lipinski definition) is 2. The Balaban J connectivity index is 2.02. The predicted octanol–water partition coefficient (Wildman–Crippen LogP) is 4.15. The monoisotopic (exact) mass is 336 g/mol. The standard InChI is InChI=1S/C14H10BrClN2O/c15-12-4-2-1-3-10(12)5-8-14(19)18-13-7-6-11(16)9-17-13/h1-9H,(H,17,18,19)/b8-5+. The van der Waals surface area contributed by atoms with E-state index in [4.69, 9.17) is 11.6 Å². The summed E-state index contributed by atoms with van der Waals surface area (Å²) in [6.07, 6.45) is 4.67. The molecule has 1 N–H and O–H groups in total. The van der Waals surface area contributed by atoms with E-state index in [-0.39, 0.29) is 5.91 Å². The van der Waals surface area contributed by atoms with E-state index in [1.165, 1.54) is 12.3 Å². The van der Waals surface area contributed by atoms with Gasteiger partial charge in [0.2, 0.25) is 5.91 Å². The molecule has 0 spiro atoms. The van der Waals surface area contributed by atoms with Crippen LogP contribution in [0.2, 0.25) is 5.02 Å². The summed E-state index contributed by atoms with van der Waals surface area (Å²) in [5, 5.41) is 3.18. The highest BCUT2D eigenvalue weighted by Gasteiger charge is 1.99. The number of benzene rings is 1. The fourth-order valence-electron chi connectivity index (χ4n) is 1.39. The molecule has 0 saturated heterocycles. The molecule has 0 radical (unpaired) electrons. The van der Waals surface area contributed by atoms with Gasteiger partial charge in [-0.15, -0.1) is 0 Å². The number of halogens is 2. The molecule has 0 bridgehead atoms. The first kappa shape index (κ1) is 13.8. The van der Waals surface area contributed by atoms with Gasteiger partial charge in [0.15, 0.2) is 0 Å². The Kier molecular flexibility index (Phi) is 4.71. The Morgan fingerprint density at radius 1 is 1.26 bits per heavy atom. The van der Waals surface area contributed by atoms with E-state index in [1.807, 2.05) is 24.3 Å². The van der Waals surface area contributed by atoms with Gasteiger partial charge >= 0.3 is 0 Å². The fraction of sp³-hybridized carbons (Fsp3) is 0. The molecule has 1 heterocycles. The first-order chi connectivity index (χ1) is 9.15. The van der Waals surface area contributed by atoms with Crippen LogP contribution in [0.4, 0.5) is 5.82 Å². The minimum Gasteiger partial charge on any atom is -0.307 e. The summed E-state index contributed by atoms with van der Waals surface area (Å²) >= 11 is 9.12. The second-order valence-corrected chi connectivity index (χ2v) is 5.00. The fourth-order valence-corrected chi connectivity index (χ4v) is 1.92. The molecule has 0 atom stereocenters. The van der Waals surface area contributed by atoms with Crippen molar-refractivity contribution in [3.63, 3.8) is 0 Å². The third-order valence-corrected chi connectivity index (χ3v) is 3.24. The number of pyridine rings is 1. The number of anilines is 1. The van der Waals surface area contributed by atoms with Crippen LogP contribution in [0.3, 0.4) is 0 Å². The molecule has 0 aliphatic carbocycles. The highest BCUT2D eigenvalue weighted by molar-refractivity contribution is 9.10. The molecule has 0 saturated carbocycles. The molecule has 0 fully saturated rings. The number of rotatable bonds is 3. The van der Waals surface area contributed by atoms with Crippen LogP contribution < -0.4 is 5.32 Å². The second kappa shape index (κ2) is 6.50. The highest BCUT2D eigenvalue weighted by atomic mass is 79.9. The van der Waals surface area contributed by atoms with Crippen molar-refractivity contribution in [1.82, 2.24) is 4.98 Å². The first-order valence-corrected chi connectivity index (χ1v) is 6.67. The zero-order chi connectivity index (χ0) is 13.7. The Labute approximate surface area is 124 Å². The van der Waals surface area contributed by atoms with Crippen LogP contribution in [0, 0.1) is 0 Å². The van der Waals surface area contributed by atoms with Gasteiger partial charge in [-0.2, -0.15) is 0 Å². The van der Waals surface area contributed by atoms with Crippen LogP contribution in [-0.4, -0.2) is 10.9 Å². The maximum Gasteiger partial charge on any atom is 0.249 e. The number of carbonyl (C=O) groups is 1. The molecular weight excluding hydrogens is 328 g/mol. The topological polar surface area (TPSA) is 42.0 Å². The summed E-state index contributed by atoms with van der Waals surface area (Å²) in [5.74, 6) is 0.219. The smallest absolute Gasteiger partial charge is 0.249 e. The molecule has 2 aromatic rings. The van der Waals surface area contributed by atoms with E-state index >= 15 is 0 Å². The molecule has 1 aromatic carbocycles. The third kappa shape index (κ3) is 4.19. The lowest BCUT2D eigenvalue weighted by molar-refractivity contribution is -0.111. The Morgan fingerprint density at radius 2 is 2.05 bits per heavy atom. The van der Waals surface area contributed by atoms with E-state index in [2.05, 4.69) is 26.2 Å². The molecule has 5 heteroatoms. The maximum absolute atomic E-state index is 11.7. The second-order valence-electron chi connectivity index (χ2n) is 3.71. The Bertz CT molecular complexity index is 611. The summed E-state index contributed by atoms with van der Waals surface area (Å²) in [5.41, 5.74) is 0.932. The molecular formula is C14H10BrClN2O. The number of carbonyl (C=O) groups excluding carboxylic acids is 1.